The van der Waals surface area contributed by atoms with Crippen LogP contribution >= 0.6 is 0 Å². The van der Waals surface area contributed by atoms with Gasteiger partial charge in [-0.15, -0.1) is 0 Å². The molecule has 0 radical (unpaired) electrons. The SMILES string of the molecule is COc1c[nH]nc1-c1ccc([C@@H]2CCc3ccc(C(C4CC4)[C@H](C)C(=O)O)cc3O2)cc1CN1CCCC1. The first-order valence-corrected chi connectivity index (χ1v) is 14.0. The molecule has 1 aliphatic carbocycles. The van der Waals surface area contributed by atoms with Gasteiger partial charge in [-0.3, -0.25) is 14.8 Å². The van der Waals surface area contributed by atoms with Crippen molar-refractivity contribution < 1.29 is 19.4 Å². The van der Waals surface area contributed by atoms with Crippen LogP contribution in [0.1, 0.15) is 73.3 Å². The summed E-state index contributed by atoms with van der Waals surface area (Å²) < 4.78 is 12.2. The number of aromatic nitrogens is 2. The van der Waals surface area contributed by atoms with Crippen molar-refractivity contribution in [3.05, 3.63) is 64.8 Å². The third-order valence-corrected chi connectivity index (χ3v) is 8.65. The summed E-state index contributed by atoms with van der Waals surface area (Å²) in [5, 5.41) is 17.2. The number of hydrogen-bond donors (Lipinski definition) is 2. The Labute approximate surface area is 224 Å². The minimum absolute atomic E-state index is 0.0388. The average molecular weight is 516 g/mol. The van der Waals surface area contributed by atoms with Crippen molar-refractivity contribution in [2.75, 3.05) is 20.2 Å². The van der Waals surface area contributed by atoms with Crippen molar-refractivity contribution in [3.8, 4) is 22.8 Å². The molecule has 0 bridgehead atoms. The van der Waals surface area contributed by atoms with Gasteiger partial charge in [0.25, 0.3) is 0 Å². The predicted molar refractivity (Wildman–Crippen MR) is 145 cm³/mol. The molecule has 3 aliphatic rings. The lowest BCUT2D eigenvalue weighted by Gasteiger charge is -2.29. The van der Waals surface area contributed by atoms with Crippen LogP contribution in [0.25, 0.3) is 11.3 Å². The number of carboxylic acid groups (broad SMARTS) is 1. The number of nitrogens with zero attached hydrogens (tertiary/aromatic N) is 2. The zero-order valence-electron chi connectivity index (χ0n) is 22.3. The van der Waals surface area contributed by atoms with E-state index in [1.165, 1.54) is 29.5 Å². The zero-order chi connectivity index (χ0) is 26.2. The first kappa shape index (κ1) is 25.0. The second kappa shape index (κ2) is 10.4. The number of hydrogen-bond acceptors (Lipinski definition) is 5. The van der Waals surface area contributed by atoms with Crippen molar-refractivity contribution in [3.63, 3.8) is 0 Å². The Morgan fingerprint density at radius 1 is 1.18 bits per heavy atom. The third kappa shape index (κ3) is 4.92. The molecule has 1 saturated heterocycles. The highest BCUT2D eigenvalue weighted by atomic mass is 16.5. The van der Waals surface area contributed by atoms with Crippen molar-refractivity contribution in [1.82, 2.24) is 15.1 Å². The van der Waals surface area contributed by atoms with Gasteiger partial charge in [-0.05, 0) is 91.8 Å². The van der Waals surface area contributed by atoms with E-state index in [-0.39, 0.29) is 12.0 Å². The third-order valence-electron chi connectivity index (χ3n) is 8.65. The molecule has 7 nitrogen and oxygen atoms in total. The van der Waals surface area contributed by atoms with E-state index in [0.29, 0.717) is 5.92 Å². The molecule has 2 fully saturated rings. The molecule has 3 heterocycles. The van der Waals surface area contributed by atoms with Gasteiger partial charge < -0.3 is 14.6 Å². The first-order chi connectivity index (χ1) is 18.5. The van der Waals surface area contributed by atoms with Crippen LogP contribution in [0, 0.1) is 11.8 Å². The summed E-state index contributed by atoms with van der Waals surface area (Å²) in [6.07, 6.45) is 8.31. The zero-order valence-corrected chi connectivity index (χ0v) is 22.3. The molecule has 1 unspecified atom stereocenters. The van der Waals surface area contributed by atoms with Crippen molar-refractivity contribution in [1.29, 1.82) is 0 Å². The summed E-state index contributed by atoms with van der Waals surface area (Å²) in [4.78, 5) is 14.3. The number of fused-ring (bicyclic) bond motifs is 1. The molecule has 3 aromatic rings. The van der Waals surface area contributed by atoms with Crippen molar-refractivity contribution >= 4 is 5.97 Å². The average Bonchev–Trinajstić information content (AvgIpc) is 3.41. The molecule has 2 aromatic carbocycles. The fourth-order valence-corrected chi connectivity index (χ4v) is 6.39. The number of aromatic amines is 1. The van der Waals surface area contributed by atoms with E-state index >= 15 is 0 Å². The molecule has 2 N–H and O–H groups in total. The topological polar surface area (TPSA) is 87.7 Å². The van der Waals surface area contributed by atoms with E-state index < -0.39 is 11.9 Å². The second-order valence-corrected chi connectivity index (χ2v) is 11.2. The number of benzene rings is 2. The Bertz CT molecular complexity index is 1310. The molecule has 0 spiro atoms. The number of rotatable bonds is 9. The Hall–Kier alpha value is -3.32. The maximum absolute atomic E-state index is 11.8. The van der Waals surface area contributed by atoms with Gasteiger partial charge in [0.05, 0.1) is 19.2 Å². The summed E-state index contributed by atoms with van der Waals surface area (Å²) >= 11 is 0. The smallest absolute Gasteiger partial charge is 0.306 e. The molecule has 6 rings (SSSR count). The number of aliphatic carboxylic acids is 1. The maximum Gasteiger partial charge on any atom is 0.306 e. The second-order valence-electron chi connectivity index (χ2n) is 11.2. The van der Waals surface area contributed by atoms with E-state index in [4.69, 9.17) is 9.47 Å². The Morgan fingerprint density at radius 2 is 2.00 bits per heavy atom. The van der Waals surface area contributed by atoms with Crippen molar-refractivity contribution in [2.45, 2.75) is 64.0 Å². The summed E-state index contributed by atoms with van der Waals surface area (Å²) in [6, 6.07) is 13.0. The molecule has 200 valence electrons. The Morgan fingerprint density at radius 3 is 2.74 bits per heavy atom. The van der Waals surface area contributed by atoms with Crippen LogP contribution in [-0.2, 0) is 17.8 Å². The van der Waals surface area contributed by atoms with Crippen LogP contribution < -0.4 is 9.47 Å². The summed E-state index contributed by atoms with van der Waals surface area (Å²) in [7, 11) is 1.68. The van der Waals surface area contributed by atoms with Gasteiger partial charge in [0, 0.05) is 12.1 Å². The number of methoxy groups -OCH3 is 1. The van der Waals surface area contributed by atoms with Crippen molar-refractivity contribution in [2.24, 2.45) is 11.8 Å². The molecule has 1 saturated carbocycles. The van der Waals surface area contributed by atoms with Crippen LogP contribution in [0.5, 0.6) is 11.5 Å². The number of likely N-dealkylation sites (tertiary alicyclic amines) is 1. The molecule has 0 amide bonds. The van der Waals surface area contributed by atoms with Gasteiger partial charge in [-0.1, -0.05) is 37.3 Å². The van der Waals surface area contributed by atoms with E-state index in [1.807, 2.05) is 6.92 Å². The number of carboxylic acids is 1. The normalized spacial score (nSPS) is 20.9. The van der Waals surface area contributed by atoms with Gasteiger partial charge in [0.2, 0.25) is 0 Å². The lowest BCUT2D eigenvalue weighted by Crippen LogP contribution is -2.22. The molecule has 1 aromatic heterocycles. The van der Waals surface area contributed by atoms with Crippen LogP contribution in [0.15, 0.2) is 42.6 Å². The minimum atomic E-state index is -0.724. The Kier molecular flexibility index (Phi) is 6.87. The summed E-state index contributed by atoms with van der Waals surface area (Å²) in [5.74, 6) is 1.02. The van der Waals surface area contributed by atoms with Gasteiger partial charge in [-0.25, -0.2) is 0 Å². The maximum atomic E-state index is 11.8. The van der Waals surface area contributed by atoms with E-state index in [9.17, 15) is 9.90 Å². The molecular formula is C31H37N3O4. The first-order valence-electron chi connectivity index (χ1n) is 14.0. The molecule has 7 heteroatoms. The standard InChI is InChI=1S/C31H37N3O4/c1-19(31(35)36)29(21-6-7-21)23-8-5-20-10-12-26(38-27(20)16-23)22-9-11-25(30-28(37-2)17-32-33-30)24(15-22)18-34-13-3-4-14-34/h5,8-9,11,15-17,19,21,26,29H,3-4,6-7,10,12-14,18H2,1-2H3,(H,32,33)(H,35,36)/t19-,26-,29?/m0/s1. The summed E-state index contributed by atoms with van der Waals surface area (Å²) in [6.45, 7) is 4.96. The Balaban J connectivity index is 1.30. The van der Waals surface area contributed by atoms with Gasteiger partial charge in [-0.2, -0.15) is 5.10 Å². The van der Waals surface area contributed by atoms with E-state index in [1.54, 1.807) is 13.3 Å². The summed E-state index contributed by atoms with van der Waals surface area (Å²) in [5.41, 5.74) is 6.64. The number of aryl methyl sites for hydroxylation is 1. The van der Waals surface area contributed by atoms with Gasteiger partial charge >= 0.3 is 5.97 Å². The minimum Gasteiger partial charge on any atom is -0.493 e. The highest BCUT2D eigenvalue weighted by Crippen LogP contribution is 2.48. The molecule has 38 heavy (non-hydrogen) atoms. The number of nitrogens with one attached hydrogen (secondary N) is 1. The molecular weight excluding hydrogens is 478 g/mol. The highest BCUT2D eigenvalue weighted by molar-refractivity contribution is 5.71. The van der Waals surface area contributed by atoms with Crippen LogP contribution in [-0.4, -0.2) is 46.4 Å². The van der Waals surface area contributed by atoms with E-state index in [0.717, 1.165) is 73.6 Å². The lowest BCUT2D eigenvalue weighted by atomic mass is 9.82. The monoisotopic (exact) mass is 515 g/mol. The molecule has 3 atom stereocenters. The highest BCUT2D eigenvalue weighted by Gasteiger charge is 2.39. The lowest BCUT2D eigenvalue weighted by molar-refractivity contribution is -0.142. The number of H-pyrrole nitrogens is 1. The fourth-order valence-electron chi connectivity index (χ4n) is 6.39. The van der Waals surface area contributed by atoms with E-state index in [2.05, 4.69) is 51.5 Å². The predicted octanol–water partition coefficient (Wildman–Crippen LogP) is 5.96. The van der Waals surface area contributed by atoms with Crippen LogP contribution in [0.4, 0.5) is 0 Å². The van der Waals surface area contributed by atoms with Crippen LogP contribution in [0.3, 0.4) is 0 Å². The molecule has 2 aliphatic heterocycles. The van der Waals surface area contributed by atoms with Crippen LogP contribution in [0.2, 0.25) is 0 Å². The largest absolute Gasteiger partial charge is 0.493 e. The number of ether oxygens (including phenoxy) is 2. The number of carbonyl (C=O) groups is 1. The van der Waals surface area contributed by atoms with Gasteiger partial charge in [0.1, 0.15) is 17.5 Å². The van der Waals surface area contributed by atoms with Gasteiger partial charge in [0.15, 0.2) is 5.75 Å². The quantitative estimate of drug-likeness (QED) is 0.366. The fraction of sp³-hybridized carbons (Fsp3) is 0.484.